The Morgan fingerprint density at radius 1 is 1.34 bits per heavy atom. The Balaban J connectivity index is 1.57. The van der Waals surface area contributed by atoms with E-state index in [1.165, 1.54) is 24.0 Å². The number of rotatable bonds is 15. The SMILES string of the molecule is Cc1ccc(C(C)NSCCCCCN(C)CC(=O)NC=O)cc1OCC1CC1. The summed E-state index contributed by atoms with van der Waals surface area (Å²) < 4.78 is 9.52. The summed E-state index contributed by atoms with van der Waals surface area (Å²) in [6.07, 6.45) is 6.33. The van der Waals surface area contributed by atoms with Gasteiger partial charge in [0.05, 0.1) is 13.2 Å². The summed E-state index contributed by atoms with van der Waals surface area (Å²) in [5.74, 6) is 2.57. The van der Waals surface area contributed by atoms with Crippen LogP contribution in [0.15, 0.2) is 18.2 Å². The van der Waals surface area contributed by atoms with Crippen LogP contribution in [0.5, 0.6) is 5.75 Å². The van der Waals surface area contributed by atoms with Crippen molar-refractivity contribution < 1.29 is 14.3 Å². The number of unbranched alkanes of at least 4 members (excludes halogenated alkanes) is 2. The van der Waals surface area contributed by atoms with Crippen molar-refractivity contribution in [3.05, 3.63) is 29.3 Å². The van der Waals surface area contributed by atoms with Gasteiger partial charge < -0.3 is 4.74 Å². The van der Waals surface area contributed by atoms with E-state index in [1.807, 2.05) is 11.9 Å². The Bertz CT molecular complexity index is 652. The number of carbonyl (C=O) groups excluding carboxylic acids is 2. The van der Waals surface area contributed by atoms with Crippen LogP contribution >= 0.6 is 11.9 Å². The van der Waals surface area contributed by atoms with Crippen LogP contribution in [0.2, 0.25) is 0 Å². The molecule has 1 unspecified atom stereocenters. The molecule has 162 valence electrons. The lowest BCUT2D eigenvalue weighted by Crippen LogP contribution is -2.34. The molecule has 7 heteroatoms. The molecule has 1 aromatic carbocycles. The fraction of sp³-hybridized carbons (Fsp3) is 0.636. The Hall–Kier alpha value is -1.57. The molecule has 0 bridgehead atoms. The summed E-state index contributed by atoms with van der Waals surface area (Å²) >= 11 is 1.76. The van der Waals surface area contributed by atoms with Crippen LogP contribution in [0.1, 0.15) is 56.2 Å². The van der Waals surface area contributed by atoms with Gasteiger partial charge in [-0.1, -0.05) is 30.5 Å². The highest BCUT2D eigenvalue weighted by molar-refractivity contribution is 7.97. The first-order valence-electron chi connectivity index (χ1n) is 10.5. The average molecular weight is 422 g/mol. The van der Waals surface area contributed by atoms with Gasteiger partial charge in [-0.2, -0.15) is 0 Å². The number of likely N-dealkylation sites (N-methyl/N-ethyl adjacent to an activating group) is 1. The number of amides is 2. The van der Waals surface area contributed by atoms with E-state index >= 15 is 0 Å². The summed E-state index contributed by atoms with van der Waals surface area (Å²) in [4.78, 5) is 23.5. The van der Waals surface area contributed by atoms with Crippen molar-refractivity contribution >= 4 is 24.3 Å². The molecule has 29 heavy (non-hydrogen) atoms. The van der Waals surface area contributed by atoms with E-state index in [0.29, 0.717) is 6.41 Å². The molecule has 2 N–H and O–H groups in total. The molecule has 1 aliphatic carbocycles. The second kappa shape index (κ2) is 12.9. The summed E-state index contributed by atoms with van der Waals surface area (Å²) in [6, 6.07) is 6.76. The topological polar surface area (TPSA) is 70.7 Å². The lowest BCUT2D eigenvalue weighted by Gasteiger charge is -2.17. The van der Waals surface area contributed by atoms with Gasteiger partial charge in [0.25, 0.3) is 0 Å². The van der Waals surface area contributed by atoms with E-state index in [4.69, 9.17) is 4.74 Å². The van der Waals surface area contributed by atoms with Crippen LogP contribution in [0.25, 0.3) is 0 Å². The van der Waals surface area contributed by atoms with Crippen LogP contribution < -0.4 is 14.8 Å². The third-order valence-electron chi connectivity index (χ3n) is 5.06. The first-order valence-corrected chi connectivity index (χ1v) is 11.5. The van der Waals surface area contributed by atoms with E-state index in [-0.39, 0.29) is 18.5 Å². The van der Waals surface area contributed by atoms with Crippen molar-refractivity contribution in [2.45, 2.75) is 52.0 Å². The number of nitrogens with zero attached hydrogens (tertiary/aromatic N) is 1. The molecule has 0 saturated heterocycles. The zero-order valence-corrected chi connectivity index (χ0v) is 18.7. The van der Waals surface area contributed by atoms with E-state index in [9.17, 15) is 9.59 Å². The molecule has 6 nitrogen and oxygen atoms in total. The molecule has 0 aromatic heterocycles. The number of carbonyl (C=O) groups is 2. The number of aryl methyl sites for hydroxylation is 1. The van der Waals surface area contributed by atoms with Gasteiger partial charge in [0.2, 0.25) is 12.3 Å². The third-order valence-corrected chi connectivity index (χ3v) is 6.08. The number of hydrogen-bond donors (Lipinski definition) is 2. The zero-order valence-electron chi connectivity index (χ0n) is 17.9. The maximum atomic E-state index is 11.3. The van der Waals surface area contributed by atoms with Crippen molar-refractivity contribution in [2.75, 3.05) is 32.5 Å². The normalized spacial score (nSPS) is 14.6. The fourth-order valence-electron chi connectivity index (χ4n) is 2.95. The van der Waals surface area contributed by atoms with Crippen molar-refractivity contribution in [1.29, 1.82) is 0 Å². The highest BCUT2D eigenvalue weighted by Crippen LogP contribution is 2.31. The first-order chi connectivity index (χ1) is 14.0. The number of ether oxygens (including phenoxy) is 1. The second-order valence-electron chi connectivity index (χ2n) is 7.95. The van der Waals surface area contributed by atoms with Crippen LogP contribution in [-0.2, 0) is 9.59 Å². The molecule has 0 spiro atoms. The summed E-state index contributed by atoms with van der Waals surface area (Å²) in [6.45, 7) is 6.24. The predicted octanol–water partition coefficient (Wildman–Crippen LogP) is 3.46. The minimum atomic E-state index is -0.256. The Kier molecular flexibility index (Phi) is 10.5. The number of nitrogens with one attached hydrogen (secondary N) is 2. The van der Waals surface area contributed by atoms with Gasteiger partial charge in [0.1, 0.15) is 5.75 Å². The van der Waals surface area contributed by atoms with E-state index in [0.717, 1.165) is 49.8 Å². The highest BCUT2D eigenvalue weighted by Gasteiger charge is 2.22. The van der Waals surface area contributed by atoms with Gasteiger partial charge in [-0.15, -0.1) is 0 Å². The molecule has 1 fully saturated rings. The van der Waals surface area contributed by atoms with Crippen molar-refractivity contribution in [2.24, 2.45) is 5.92 Å². The average Bonchev–Trinajstić information content (AvgIpc) is 3.51. The Morgan fingerprint density at radius 2 is 2.14 bits per heavy atom. The minimum absolute atomic E-state index is 0.256. The molecule has 0 heterocycles. The lowest BCUT2D eigenvalue weighted by molar-refractivity contribution is -0.125. The number of benzene rings is 1. The van der Waals surface area contributed by atoms with Gasteiger partial charge >= 0.3 is 0 Å². The number of imide groups is 1. The minimum Gasteiger partial charge on any atom is -0.493 e. The monoisotopic (exact) mass is 421 g/mol. The van der Waals surface area contributed by atoms with E-state index in [2.05, 4.69) is 42.1 Å². The highest BCUT2D eigenvalue weighted by atomic mass is 32.2. The van der Waals surface area contributed by atoms with Crippen LogP contribution in [0, 0.1) is 12.8 Å². The zero-order chi connectivity index (χ0) is 21.1. The standard InChI is InChI=1S/C22H35N3O3S/c1-17-7-10-20(13-21(17)28-15-19-8-9-19)18(2)24-29-12-6-4-5-11-25(3)14-22(27)23-16-26/h7,10,13,16,18-19,24H,4-6,8-9,11-12,14-15H2,1-3H3,(H,23,26,27). The quantitative estimate of drug-likeness (QED) is 0.257. The molecule has 1 aromatic rings. The second-order valence-corrected chi connectivity index (χ2v) is 8.88. The maximum Gasteiger partial charge on any atom is 0.240 e. The van der Waals surface area contributed by atoms with Gasteiger partial charge in [-0.3, -0.25) is 24.5 Å². The van der Waals surface area contributed by atoms with Crippen molar-refractivity contribution in [1.82, 2.24) is 14.9 Å². The summed E-state index contributed by atoms with van der Waals surface area (Å²) in [5, 5.41) is 2.16. The van der Waals surface area contributed by atoms with Gasteiger partial charge in [0, 0.05) is 11.8 Å². The predicted molar refractivity (Wildman–Crippen MR) is 119 cm³/mol. The van der Waals surface area contributed by atoms with Gasteiger partial charge in [-0.05, 0) is 76.2 Å². The Labute approximate surface area is 179 Å². The molecule has 1 saturated carbocycles. The molecule has 2 amide bonds. The number of hydrogen-bond acceptors (Lipinski definition) is 6. The molecule has 2 rings (SSSR count). The molecule has 1 atom stereocenters. The molecule has 0 aliphatic heterocycles. The van der Waals surface area contributed by atoms with Crippen LogP contribution in [0.4, 0.5) is 0 Å². The molecule has 1 aliphatic rings. The fourth-order valence-corrected chi connectivity index (χ4v) is 3.81. The van der Waals surface area contributed by atoms with Gasteiger partial charge in [-0.25, -0.2) is 0 Å². The van der Waals surface area contributed by atoms with Crippen molar-refractivity contribution in [3.63, 3.8) is 0 Å². The van der Waals surface area contributed by atoms with Crippen molar-refractivity contribution in [3.8, 4) is 5.75 Å². The summed E-state index contributed by atoms with van der Waals surface area (Å²) in [5.41, 5.74) is 2.45. The molecule has 0 radical (unpaired) electrons. The first kappa shape index (κ1) is 23.7. The van der Waals surface area contributed by atoms with E-state index in [1.54, 1.807) is 11.9 Å². The van der Waals surface area contributed by atoms with Crippen LogP contribution in [0.3, 0.4) is 0 Å². The summed E-state index contributed by atoms with van der Waals surface area (Å²) in [7, 11) is 1.90. The van der Waals surface area contributed by atoms with Crippen LogP contribution in [-0.4, -0.2) is 49.7 Å². The smallest absolute Gasteiger partial charge is 0.240 e. The van der Waals surface area contributed by atoms with E-state index < -0.39 is 0 Å². The largest absolute Gasteiger partial charge is 0.493 e. The molecular formula is C22H35N3O3S. The molecular weight excluding hydrogens is 386 g/mol. The maximum absolute atomic E-state index is 11.3. The lowest BCUT2D eigenvalue weighted by atomic mass is 10.1. The Morgan fingerprint density at radius 3 is 2.86 bits per heavy atom. The van der Waals surface area contributed by atoms with Gasteiger partial charge in [0.15, 0.2) is 0 Å². The third kappa shape index (κ3) is 9.65.